The molecule has 1 aliphatic heterocycles. The van der Waals surface area contributed by atoms with Crippen molar-refractivity contribution in [3.8, 4) is 11.5 Å². The van der Waals surface area contributed by atoms with Crippen LogP contribution in [0.3, 0.4) is 0 Å². The number of pyridine rings is 1. The van der Waals surface area contributed by atoms with Gasteiger partial charge in [0.1, 0.15) is 17.1 Å². The molecule has 214 valence electrons. The third kappa shape index (κ3) is 5.31. The van der Waals surface area contributed by atoms with E-state index in [2.05, 4.69) is 11.9 Å². The van der Waals surface area contributed by atoms with Crippen LogP contribution in [0.2, 0.25) is 0 Å². The quantitative estimate of drug-likeness (QED) is 0.102. The number of Topliss-reactive ketones (excluding diaryl/α,β-unsaturated/α-hetero) is 1. The number of hydrogen-bond donors (Lipinski definition) is 1. The molecule has 1 amide bonds. The van der Waals surface area contributed by atoms with Crippen LogP contribution < -0.4 is 9.47 Å². The summed E-state index contributed by atoms with van der Waals surface area (Å²) in [4.78, 5) is 33.1. The summed E-state index contributed by atoms with van der Waals surface area (Å²) in [6, 6.07) is 11.7. The molecule has 0 saturated carbocycles. The van der Waals surface area contributed by atoms with Gasteiger partial charge < -0.3 is 28.3 Å². The summed E-state index contributed by atoms with van der Waals surface area (Å²) in [7, 11) is 0. The van der Waals surface area contributed by atoms with Crippen LogP contribution >= 0.6 is 0 Å². The number of aryl methyl sites for hydroxylation is 2. The Morgan fingerprint density at radius 3 is 2.59 bits per heavy atom. The lowest BCUT2D eigenvalue weighted by Gasteiger charge is -2.25. The number of likely N-dealkylation sites (tertiary alicyclic amines) is 1. The van der Waals surface area contributed by atoms with Gasteiger partial charge in [0.2, 0.25) is 0 Å². The van der Waals surface area contributed by atoms with Crippen molar-refractivity contribution in [3.63, 3.8) is 0 Å². The second-order valence-corrected chi connectivity index (χ2v) is 10.1. The first kappa shape index (κ1) is 28.0. The average Bonchev–Trinajstić information content (AvgIpc) is 3.67. The molecule has 4 aromatic rings. The van der Waals surface area contributed by atoms with Crippen LogP contribution in [0.4, 0.5) is 0 Å². The highest BCUT2D eigenvalue weighted by atomic mass is 16.5. The fourth-order valence-electron chi connectivity index (χ4n) is 5.25. The fourth-order valence-corrected chi connectivity index (χ4v) is 5.25. The Kier molecular flexibility index (Phi) is 8.14. The molecule has 0 bridgehead atoms. The van der Waals surface area contributed by atoms with Crippen molar-refractivity contribution in [1.29, 1.82) is 0 Å². The van der Waals surface area contributed by atoms with Gasteiger partial charge in [0.15, 0.2) is 17.3 Å². The second-order valence-electron chi connectivity index (χ2n) is 10.1. The first-order valence-electron chi connectivity index (χ1n) is 14.0. The van der Waals surface area contributed by atoms with Crippen molar-refractivity contribution in [2.24, 2.45) is 0 Å². The number of amides is 1. The zero-order chi connectivity index (χ0) is 29.1. The van der Waals surface area contributed by atoms with Gasteiger partial charge in [0.25, 0.3) is 11.7 Å². The van der Waals surface area contributed by atoms with Crippen LogP contribution in [0.25, 0.3) is 11.4 Å². The van der Waals surface area contributed by atoms with E-state index in [-0.39, 0.29) is 23.6 Å². The molecule has 5 rings (SSSR count). The molecule has 41 heavy (non-hydrogen) atoms. The standard InChI is InChI=1S/C32H35N3O6/c1-5-7-8-16-41-24-14-13-22(18-25(24)39-6-2)28-26(30(37)32(38)35(28)19-23-12-10-17-40-23)29(36)27-21(4)34-15-9-11-20(3)31(34)33-27/h9-15,17-18,28,36H,5-8,16,19H2,1-4H3. The zero-order valence-electron chi connectivity index (χ0n) is 23.8. The number of carbonyl (C=O) groups is 2. The maximum absolute atomic E-state index is 13.6. The predicted octanol–water partition coefficient (Wildman–Crippen LogP) is 6.13. The van der Waals surface area contributed by atoms with Crippen molar-refractivity contribution in [3.05, 3.63) is 88.8 Å². The summed E-state index contributed by atoms with van der Waals surface area (Å²) >= 11 is 0. The minimum absolute atomic E-state index is 0.0372. The van der Waals surface area contributed by atoms with Crippen LogP contribution in [0.5, 0.6) is 11.5 Å². The summed E-state index contributed by atoms with van der Waals surface area (Å²) in [5, 5.41) is 11.7. The molecule has 3 aromatic heterocycles. The number of aliphatic hydroxyl groups is 1. The number of aromatic nitrogens is 2. The molecule has 1 fully saturated rings. The summed E-state index contributed by atoms with van der Waals surface area (Å²) in [5.74, 6) is -0.245. The van der Waals surface area contributed by atoms with Crippen LogP contribution in [0, 0.1) is 13.8 Å². The SMILES string of the molecule is CCCCCOc1ccc(C2C(=C(O)c3nc4c(C)cccn4c3C)C(=O)C(=O)N2Cc2ccco2)cc1OCC. The number of benzene rings is 1. The smallest absolute Gasteiger partial charge is 0.296 e. The van der Waals surface area contributed by atoms with Gasteiger partial charge in [-0.2, -0.15) is 0 Å². The number of fused-ring (bicyclic) bond motifs is 1. The van der Waals surface area contributed by atoms with Crippen LogP contribution in [0.15, 0.2) is 64.9 Å². The Bertz CT molecular complexity index is 1600. The minimum Gasteiger partial charge on any atom is -0.505 e. The molecule has 1 atom stereocenters. The average molecular weight is 558 g/mol. The summed E-state index contributed by atoms with van der Waals surface area (Å²) in [5.41, 5.74) is 3.05. The van der Waals surface area contributed by atoms with Gasteiger partial charge in [-0.15, -0.1) is 0 Å². The van der Waals surface area contributed by atoms with E-state index in [0.717, 1.165) is 24.8 Å². The van der Waals surface area contributed by atoms with E-state index in [0.29, 0.717) is 47.4 Å². The van der Waals surface area contributed by atoms with Gasteiger partial charge in [-0.05, 0) is 68.7 Å². The molecule has 1 saturated heterocycles. The number of hydrogen-bond acceptors (Lipinski definition) is 7. The highest BCUT2D eigenvalue weighted by molar-refractivity contribution is 6.46. The zero-order valence-corrected chi connectivity index (χ0v) is 23.8. The number of carbonyl (C=O) groups excluding carboxylic acids is 2. The molecule has 0 aliphatic carbocycles. The third-order valence-electron chi connectivity index (χ3n) is 7.34. The number of nitrogens with zero attached hydrogens (tertiary/aromatic N) is 3. The highest BCUT2D eigenvalue weighted by Gasteiger charge is 2.47. The number of furan rings is 1. The predicted molar refractivity (Wildman–Crippen MR) is 154 cm³/mol. The number of imidazole rings is 1. The molecule has 1 aromatic carbocycles. The number of rotatable bonds is 11. The van der Waals surface area contributed by atoms with Gasteiger partial charge in [-0.3, -0.25) is 9.59 Å². The lowest BCUT2D eigenvalue weighted by Crippen LogP contribution is -2.29. The summed E-state index contributed by atoms with van der Waals surface area (Å²) in [6.45, 7) is 8.76. The largest absolute Gasteiger partial charge is 0.505 e. The topological polar surface area (TPSA) is 107 Å². The number of unbranched alkanes of at least 4 members (excludes halogenated alkanes) is 2. The van der Waals surface area contributed by atoms with E-state index in [1.54, 1.807) is 30.3 Å². The van der Waals surface area contributed by atoms with Gasteiger partial charge >= 0.3 is 0 Å². The minimum atomic E-state index is -0.904. The number of ether oxygens (including phenoxy) is 2. The number of ketones is 1. The van der Waals surface area contributed by atoms with Crippen molar-refractivity contribution in [1.82, 2.24) is 14.3 Å². The molecule has 0 radical (unpaired) electrons. The Labute approximate surface area is 239 Å². The monoisotopic (exact) mass is 557 g/mol. The third-order valence-corrected chi connectivity index (χ3v) is 7.34. The van der Waals surface area contributed by atoms with Crippen molar-refractivity contribution in [2.45, 2.75) is 59.5 Å². The van der Waals surface area contributed by atoms with Crippen LogP contribution in [-0.2, 0) is 16.1 Å². The maximum atomic E-state index is 13.6. The van der Waals surface area contributed by atoms with E-state index in [1.165, 1.54) is 11.2 Å². The van der Waals surface area contributed by atoms with Gasteiger partial charge in [-0.25, -0.2) is 4.98 Å². The molecule has 4 heterocycles. The summed E-state index contributed by atoms with van der Waals surface area (Å²) in [6.07, 6.45) is 6.43. The molecule has 1 N–H and O–H groups in total. The van der Waals surface area contributed by atoms with Gasteiger partial charge in [-0.1, -0.05) is 31.9 Å². The van der Waals surface area contributed by atoms with Gasteiger partial charge in [0, 0.05) is 6.20 Å². The van der Waals surface area contributed by atoms with E-state index < -0.39 is 17.7 Å². The van der Waals surface area contributed by atoms with E-state index in [9.17, 15) is 14.7 Å². The molecule has 0 spiro atoms. The molecule has 9 nitrogen and oxygen atoms in total. The van der Waals surface area contributed by atoms with Crippen molar-refractivity contribution < 1.29 is 28.6 Å². The molecule has 1 unspecified atom stereocenters. The normalized spacial score (nSPS) is 16.6. The molecule has 9 heteroatoms. The first-order chi connectivity index (χ1) is 19.8. The Hall–Kier alpha value is -4.53. The van der Waals surface area contributed by atoms with Crippen molar-refractivity contribution in [2.75, 3.05) is 13.2 Å². The Morgan fingerprint density at radius 1 is 1.05 bits per heavy atom. The van der Waals surface area contributed by atoms with E-state index in [1.807, 2.05) is 43.5 Å². The Balaban J connectivity index is 1.64. The van der Waals surface area contributed by atoms with Crippen molar-refractivity contribution >= 4 is 23.1 Å². The van der Waals surface area contributed by atoms with Crippen LogP contribution in [-0.4, -0.2) is 44.3 Å². The Morgan fingerprint density at radius 2 is 1.88 bits per heavy atom. The van der Waals surface area contributed by atoms with Gasteiger partial charge in [0.05, 0.1) is 43.3 Å². The maximum Gasteiger partial charge on any atom is 0.296 e. The van der Waals surface area contributed by atoms with Crippen LogP contribution in [0.1, 0.15) is 67.4 Å². The highest BCUT2D eigenvalue weighted by Crippen LogP contribution is 2.43. The lowest BCUT2D eigenvalue weighted by atomic mass is 9.96. The first-order valence-corrected chi connectivity index (χ1v) is 14.0. The second kappa shape index (κ2) is 11.9. The molecular weight excluding hydrogens is 522 g/mol. The fraction of sp³-hybridized carbons (Fsp3) is 0.344. The molecular formula is C32H35N3O6. The summed E-state index contributed by atoms with van der Waals surface area (Å²) < 4.78 is 19.3. The molecule has 1 aliphatic rings. The van der Waals surface area contributed by atoms with E-state index in [4.69, 9.17) is 13.9 Å². The number of aliphatic hydroxyl groups excluding tert-OH is 1. The van der Waals surface area contributed by atoms with E-state index >= 15 is 0 Å². The lowest BCUT2D eigenvalue weighted by molar-refractivity contribution is -0.140.